The molecule has 2 amide bonds. The molecule has 0 aromatic carbocycles. The fourth-order valence-electron chi connectivity index (χ4n) is 3.67. The van der Waals surface area contributed by atoms with E-state index < -0.39 is 10.0 Å². The maximum atomic E-state index is 12.9. The molecule has 3 heterocycles. The monoisotopic (exact) mass is 506 g/mol. The number of carbonyl (C=O) groups is 2. The number of methoxy groups -OCH3 is 1. The summed E-state index contributed by atoms with van der Waals surface area (Å²) in [5.74, 6) is 0.210. The molecular weight excluding hydrogens is 476 g/mol. The second-order valence-corrected chi connectivity index (χ2v) is 11.9. The predicted molar refractivity (Wildman–Crippen MR) is 123 cm³/mol. The van der Waals surface area contributed by atoms with E-state index in [1.807, 2.05) is 4.90 Å². The van der Waals surface area contributed by atoms with Gasteiger partial charge in [-0.3, -0.25) is 9.59 Å². The van der Waals surface area contributed by atoms with E-state index in [9.17, 15) is 18.0 Å². The van der Waals surface area contributed by atoms with Crippen LogP contribution in [-0.2, 0) is 24.3 Å². The zero-order chi connectivity index (χ0) is 23.1. The number of nitrogens with one attached hydrogen (secondary N) is 1. The fourth-order valence-corrected chi connectivity index (χ4v) is 6.27. The van der Waals surface area contributed by atoms with Crippen LogP contribution < -0.4 is 10.2 Å². The quantitative estimate of drug-likeness (QED) is 0.355. The third-order valence-corrected chi connectivity index (χ3v) is 8.91. The minimum absolute atomic E-state index is 0.0710. The average Bonchev–Trinajstić information content (AvgIpc) is 3.26. The van der Waals surface area contributed by atoms with Gasteiger partial charge in [0.15, 0.2) is 4.34 Å². The maximum Gasteiger partial charge on any atom is 0.230 e. The molecular formula is C18H30N6O5S3. The van der Waals surface area contributed by atoms with E-state index in [-0.39, 0.29) is 23.5 Å². The Labute approximate surface area is 196 Å². The van der Waals surface area contributed by atoms with Gasteiger partial charge >= 0.3 is 0 Å². The number of thioether (sulfide) groups is 1. The van der Waals surface area contributed by atoms with Crippen molar-refractivity contribution < 1.29 is 22.7 Å². The Morgan fingerprint density at radius 1 is 1.16 bits per heavy atom. The van der Waals surface area contributed by atoms with Crippen molar-refractivity contribution in [1.29, 1.82) is 0 Å². The van der Waals surface area contributed by atoms with E-state index in [0.29, 0.717) is 65.3 Å². The molecule has 11 nitrogen and oxygen atoms in total. The predicted octanol–water partition coefficient (Wildman–Crippen LogP) is -0.287. The summed E-state index contributed by atoms with van der Waals surface area (Å²) < 4.78 is 30.4. The van der Waals surface area contributed by atoms with Crippen molar-refractivity contribution in [3.8, 4) is 0 Å². The second kappa shape index (κ2) is 11.6. The molecule has 14 heteroatoms. The zero-order valence-corrected chi connectivity index (χ0v) is 20.8. The van der Waals surface area contributed by atoms with Crippen LogP contribution in [0.2, 0.25) is 0 Å². The first-order chi connectivity index (χ1) is 15.3. The summed E-state index contributed by atoms with van der Waals surface area (Å²) in [5.41, 5.74) is 0. The fraction of sp³-hybridized carbons (Fsp3) is 0.778. The van der Waals surface area contributed by atoms with Gasteiger partial charge in [-0.15, -0.1) is 10.2 Å². The highest BCUT2D eigenvalue weighted by Gasteiger charge is 2.33. The number of hydrogen-bond acceptors (Lipinski definition) is 10. The molecule has 0 radical (unpaired) electrons. The standard InChI is InChI=1S/C18H30N6O5S3/c1-29-12-5-19-15(25)13-30-18-21-20-17(31-18)23-10-8-22(9-11-23)16(26)14-3-6-24(7-4-14)32(2,27)28/h14H,3-13H2,1-2H3,(H,19,25). The summed E-state index contributed by atoms with van der Waals surface area (Å²) in [5, 5.41) is 12.0. The van der Waals surface area contributed by atoms with E-state index in [0.717, 1.165) is 9.47 Å². The third kappa shape index (κ3) is 7.01. The number of rotatable bonds is 9. The van der Waals surface area contributed by atoms with Gasteiger partial charge in [0.05, 0.1) is 18.6 Å². The lowest BCUT2D eigenvalue weighted by atomic mass is 9.96. The summed E-state index contributed by atoms with van der Waals surface area (Å²) in [6, 6.07) is 0. The van der Waals surface area contributed by atoms with Crippen LogP contribution in [0.5, 0.6) is 0 Å². The van der Waals surface area contributed by atoms with Crippen LogP contribution in [0.3, 0.4) is 0 Å². The number of nitrogens with zero attached hydrogens (tertiary/aromatic N) is 5. The summed E-state index contributed by atoms with van der Waals surface area (Å²) in [7, 11) is -1.60. The van der Waals surface area contributed by atoms with Crippen LogP contribution in [0.15, 0.2) is 4.34 Å². The van der Waals surface area contributed by atoms with Crippen LogP contribution >= 0.6 is 23.1 Å². The molecule has 0 spiro atoms. The number of carbonyl (C=O) groups excluding carboxylic acids is 2. The van der Waals surface area contributed by atoms with Crippen molar-refractivity contribution in [2.75, 3.05) is 76.4 Å². The zero-order valence-electron chi connectivity index (χ0n) is 18.4. The molecule has 1 N–H and O–H groups in total. The van der Waals surface area contributed by atoms with Crippen molar-refractivity contribution in [3.05, 3.63) is 0 Å². The Morgan fingerprint density at radius 2 is 1.84 bits per heavy atom. The largest absolute Gasteiger partial charge is 0.383 e. The SMILES string of the molecule is COCCNC(=O)CSc1nnc(N2CCN(C(=O)C3CCN(S(C)(=O)=O)CC3)CC2)s1. The Morgan fingerprint density at radius 3 is 2.47 bits per heavy atom. The number of piperidine rings is 1. The Kier molecular flexibility index (Phi) is 9.11. The van der Waals surface area contributed by atoms with Gasteiger partial charge in [0.1, 0.15) is 0 Å². The summed E-state index contributed by atoms with van der Waals surface area (Å²) >= 11 is 2.80. The van der Waals surface area contributed by atoms with Crippen molar-refractivity contribution >= 4 is 50.1 Å². The topological polar surface area (TPSA) is 125 Å². The molecule has 0 unspecified atom stereocenters. The highest BCUT2D eigenvalue weighted by Crippen LogP contribution is 2.29. The second-order valence-electron chi connectivity index (χ2n) is 7.73. The molecule has 0 aliphatic carbocycles. The van der Waals surface area contributed by atoms with Crippen LogP contribution in [-0.4, -0.2) is 111 Å². The molecule has 1 aromatic heterocycles. The molecule has 180 valence electrons. The summed E-state index contributed by atoms with van der Waals surface area (Å²) in [6.45, 7) is 4.33. The Bertz CT molecular complexity index is 879. The van der Waals surface area contributed by atoms with Crippen molar-refractivity contribution in [3.63, 3.8) is 0 Å². The molecule has 0 saturated carbocycles. The van der Waals surface area contributed by atoms with Crippen LogP contribution in [0, 0.1) is 5.92 Å². The number of ether oxygens (including phenoxy) is 1. The van der Waals surface area contributed by atoms with E-state index >= 15 is 0 Å². The molecule has 2 fully saturated rings. The molecule has 1 aromatic rings. The number of piperazine rings is 1. The third-order valence-electron chi connectivity index (χ3n) is 5.48. The lowest BCUT2D eigenvalue weighted by Crippen LogP contribution is -2.52. The smallest absolute Gasteiger partial charge is 0.230 e. The lowest BCUT2D eigenvalue weighted by molar-refractivity contribution is -0.137. The van der Waals surface area contributed by atoms with Crippen LogP contribution in [0.1, 0.15) is 12.8 Å². The van der Waals surface area contributed by atoms with Gasteiger partial charge in [-0.2, -0.15) is 0 Å². The van der Waals surface area contributed by atoms with E-state index in [2.05, 4.69) is 20.4 Å². The van der Waals surface area contributed by atoms with Gasteiger partial charge in [0.2, 0.25) is 27.0 Å². The molecule has 2 saturated heterocycles. The van der Waals surface area contributed by atoms with E-state index in [1.54, 1.807) is 7.11 Å². The molecule has 32 heavy (non-hydrogen) atoms. The van der Waals surface area contributed by atoms with E-state index in [4.69, 9.17) is 4.74 Å². The van der Waals surface area contributed by atoms with Crippen molar-refractivity contribution in [2.45, 2.75) is 17.2 Å². The molecule has 0 atom stereocenters. The van der Waals surface area contributed by atoms with Gasteiger partial charge in [-0.25, -0.2) is 12.7 Å². The summed E-state index contributed by atoms with van der Waals surface area (Å²) in [6.07, 6.45) is 2.36. The first kappa shape index (κ1) is 25.1. The number of hydrogen-bond donors (Lipinski definition) is 1. The van der Waals surface area contributed by atoms with Crippen molar-refractivity contribution in [2.24, 2.45) is 5.92 Å². The van der Waals surface area contributed by atoms with Gasteiger partial charge in [-0.1, -0.05) is 23.1 Å². The highest BCUT2D eigenvalue weighted by atomic mass is 32.2. The van der Waals surface area contributed by atoms with Crippen LogP contribution in [0.25, 0.3) is 0 Å². The lowest BCUT2D eigenvalue weighted by Gasteiger charge is -2.38. The van der Waals surface area contributed by atoms with Gasteiger partial charge in [0.25, 0.3) is 0 Å². The highest BCUT2D eigenvalue weighted by molar-refractivity contribution is 8.01. The van der Waals surface area contributed by atoms with Crippen molar-refractivity contribution in [1.82, 2.24) is 24.7 Å². The maximum absolute atomic E-state index is 12.9. The van der Waals surface area contributed by atoms with Gasteiger partial charge in [0, 0.05) is 58.8 Å². The number of aromatic nitrogens is 2. The number of sulfonamides is 1. The van der Waals surface area contributed by atoms with E-state index in [1.165, 1.54) is 33.7 Å². The Balaban J connectivity index is 1.41. The first-order valence-electron chi connectivity index (χ1n) is 10.5. The molecule has 0 bridgehead atoms. The average molecular weight is 507 g/mol. The molecule has 2 aliphatic heterocycles. The minimum atomic E-state index is -3.19. The number of amides is 2. The minimum Gasteiger partial charge on any atom is -0.383 e. The molecule has 2 aliphatic rings. The first-order valence-corrected chi connectivity index (χ1v) is 14.1. The summed E-state index contributed by atoms with van der Waals surface area (Å²) in [4.78, 5) is 28.6. The van der Waals surface area contributed by atoms with Crippen LogP contribution in [0.4, 0.5) is 5.13 Å². The van der Waals surface area contributed by atoms with Gasteiger partial charge in [-0.05, 0) is 12.8 Å². The molecule has 3 rings (SSSR count). The number of anilines is 1. The van der Waals surface area contributed by atoms with Gasteiger partial charge < -0.3 is 19.9 Å². The normalized spacial score (nSPS) is 18.7. The Hall–Kier alpha value is -1.48.